The van der Waals surface area contributed by atoms with Gasteiger partial charge >= 0.3 is 6.16 Å². The predicted molar refractivity (Wildman–Crippen MR) is 49.7 cm³/mol. The Balaban J connectivity index is 2.32. The van der Waals surface area contributed by atoms with Crippen molar-refractivity contribution < 1.29 is 22.7 Å². The topological polar surface area (TPSA) is 69.7 Å². The van der Waals surface area contributed by atoms with Gasteiger partial charge in [0.2, 0.25) is 0 Å². The molecule has 0 bridgehead atoms. The third-order valence-corrected chi connectivity index (χ3v) is 3.51. The van der Waals surface area contributed by atoms with Crippen LogP contribution < -0.4 is 0 Å². The van der Waals surface area contributed by atoms with Crippen molar-refractivity contribution in [1.82, 2.24) is 0 Å². The molecule has 0 aromatic carbocycles. The average molecular weight is 220 g/mol. The van der Waals surface area contributed by atoms with Crippen LogP contribution in [0.15, 0.2) is 12.7 Å². The van der Waals surface area contributed by atoms with Gasteiger partial charge in [-0.05, 0) is 6.42 Å². The third kappa shape index (κ3) is 3.37. The summed E-state index contributed by atoms with van der Waals surface area (Å²) in [4.78, 5) is 10.9. The predicted octanol–water partition coefficient (Wildman–Crippen LogP) is 0.513. The molecule has 0 aromatic heterocycles. The molecule has 0 amide bonds. The first-order chi connectivity index (χ1) is 6.53. The van der Waals surface area contributed by atoms with Crippen molar-refractivity contribution in [2.24, 2.45) is 0 Å². The van der Waals surface area contributed by atoms with Gasteiger partial charge in [0, 0.05) is 0 Å². The highest BCUT2D eigenvalue weighted by atomic mass is 32.2. The molecule has 1 fully saturated rings. The molecule has 0 saturated carbocycles. The Bertz CT molecular complexity index is 319. The van der Waals surface area contributed by atoms with Crippen molar-refractivity contribution >= 4 is 16.0 Å². The minimum Gasteiger partial charge on any atom is -0.430 e. The molecule has 1 unspecified atom stereocenters. The van der Waals surface area contributed by atoms with Crippen LogP contribution in [0.25, 0.3) is 0 Å². The largest absolute Gasteiger partial charge is 0.508 e. The summed E-state index contributed by atoms with van der Waals surface area (Å²) < 4.78 is 31.3. The highest BCUT2D eigenvalue weighted by Gasteiger charge is 2.30. The molecule has 1 rings (SSSR count). The number of rotatable bonds is 3. The lowest BCUT2D eigenvalue weighted by Gasteiger charge is -2.08. The molecule has 1 heterocycles. The van der Waals surface area contributed by atoms with Crippen LogP contribution in [0.4, 0.5) is 4.79 Å². The van der Waals surface area contributed by atoms with Crippen LogP contribution in [0.5, 0.6) is 0 Å². The van der Waals surface area contributed by atoms with Gasteiger partial charge in [-0.3, -0.25) is 0 Å². The maximum Gasteiger partial charge on any atom is 0.508 e. The second-order valence-corrected chi connectivity index (χ2v) is 5.22. The standard InChI is InChI=1S/C8H12O5S/c1-2-4-12-8(9)13-7-3-5-14(10,11)6-7/h2,7H,1,3-6H2. The fourth-order valence-electron chi connectivity index (χ4n) is 1.15. The highest BCUT2D eigenvalue weighted by molar-refractivity contribution is 7.91. The molecule has 0 aromatic rings. The zero-order valence-corrected chi connectivity index (χ0v) is 8.46. The fraction of sp³-hybridized carbons (Fsp3) is 0.625. The first kappa shape index (κ1) is 11.0. The van der Waals surface area contributed by atoms with Crippen LogP contribution in [0.3, 0.4) is 0 Å². The summed E-state index contributed by atoms with van der Waals surface area (Å²) in [6.07, 6.45) is 0.363. The van der Waals surface area contributed by atoms with Gasteiger partial charge in [0.1, 0.15) is 12.7 Å². The minimum atomic E-state index is -3.01. The van der Waals surface area contributed by atoms with Crippen molar-refractivity contribution in [1.29, 1.82) is 0 Å². The van der Waals surface area contributed by atoms with Crippen LogP contribution in [-0.4, -0.2) is 38.8 Å². The number of hydrogen-bond acceptors (Lipinski definition) is 5. The normalized spacial score (nSPS) is 24.1. The Morgan fingerprint density at radius 3 is 2.79 bits per heavy atom. The minimum absolute atomic E-state index is 0.0678. The van der Waals surface area contributed by atoms with E-state index in [2.05, 4.69) is 11.3 Å². The van der Waals surface area contributed by atoms with Gasteiger partial charge in [-0.2, -0.15) is 0 Å². The maximum atomic E-state index is 11.0. The van der Waals surface area contributed by atoms with E-state index in [1.165, 1.54) is 6.08 Å². The Hall–Kier alpha value is -1.04. The zero-order chi connectivity index (χ0) is 10.6. The van der Waals surface area contributed by atoms with Gasteiger partial charge in [-0.25, -0.2) is 13.2 Å². The smallest absolute Gasteiger partial charge is 0.430 e. The number of sulfone groups is 1. The van der Waals surface area contributed by atoms with E-state index in [0.717, 1.165) is 0 Å². The molecular weight excluding hydrogens is 208 g/mol. The molecule has 6 heteroatoms. The van der Waals surface area contributed by atoms with Gasteiger partial charge in [0.05, 0.1) is 11.5 Å². The zero-order valence-electron chi connectivity index (χ0n) is 7.64. The van der Waals surface area contributed by atoms with Gasteiger partial charge in [0.15, 0.2) is 9.84 Å². The maximum absolute atomic E-state index is 11.0. The van der Waals surface area contributed by atoms with Crippen molar-refractivity contribution in [3.8, 4) is 0 Å². The third-order valence-electron chi connectivity index (χ3n) is 1.77. The quantitative estimate of drug-likeness (QED) is 0.512. The second-order valence-electron chi connectivity index (χ2n) is 2.99. The van der Waals surface area contributed by atoms with E-state index in [-0.39, 0.29) is 18.1 Å². The summed E-state index contributed by atoms with van der Waals surface area (Å²) in [5.41, 5.74) is 0. The Morgan fingerprint density at radius 1 is 1.57 bits per heavy atom. The van der Waals surface area contributed by atoms with Crippen molar-refractivity contribution in [2.75, 3.05) is 18.1 Å². The van der Waals surface area contributed by atoms with E-state index < -0.39 is 22.1 Å². The van der Waals surface area contributed by atoms with Gasteiger partial charge in [-0.1, -0.05) is 12.7 Å². The molecule has 0 aliphatic carbocycles. The van der Waals surface area contributed by atoms with E-state index in [1.807, 2.05) is 0 Å². The Labute approximate surface area is 82.6 Å². The summed E-state index contributed by atoms with van der Waals surface area (Å²) in [6.45, 7) is 3.43. The molecule has 0 spiro atoms. The molecule has 5 nitrogen and oxygen atoms in total. The fourth-order valence-corrected chi connectivity index (χ4v) is 2.74. The first-order valence-corrected chi connectivity index (χ1v) is 6.00. The molecule has 1 aliphatic rings. The van der Waals surface area contributed by atoms with Crippen molar-refractivity contribution in [3.05, 3.63) is 12.7 Å². The lowest BCUT2D eigenvalue weighted by molar-refractivity contribution is 0.0380. The molecule has 14 heavy (non-hydrogen) atoms. The molecule has 0 radical (unpaired) electrons. The van der Waals surface area contributed by atoms with Crippen LogP contribution in [-0.2, 0) is 19.3 Å². The van der Waals surface area contributed by atoms with E-state index in [0.29, 0.717) is 6.42 Å². The molecule has 1 aliphatic heterocycles. The monoisotopic (exact) mass is 220 g/mol. The SMILES string of the molecule is C=CCOC(=O)OC1CCS(=O)(=O)C1. The molecular formula is C8H12O5S. The van der Waals surface area contributed by atoms with Crippen LogP contribution in [0.1, 0.15) is 6.42 Å². The van der Waals surface area contributed by atoms with E-state index in [4.69, 9.17) is 4.74 Å². The van der Waals surface area contributed by atoms with Gasteiger partial charge < -0.3 is 9.47 Å². The number of carbonyl (C=O) groups is 1. The molecule has 80 valence electrons. The van der Waals surface area contributed by atoms with Gasteiger partial charge in [-0.15, -0.1) is 0 Å². The van der Waals surface area contributed by atoms with Crippen LogP contribution in [0.2, 0.25) is 0 Å². The lowest BCUT2D eigenvalue weighted by atomic mass is 10.3. The number of carbonyl (C=O) groups excluding carboxylic acids is 1. The Morgan fingerprint density at radius 2 is 2.29 bits per heavy atom. The summed E-state index contributed by atoms with van der Waals surface area (Å²) in [5, 5.41) is 0. The molecule has 1 saturated heterocycles. The number of hydrogen-bond donors (Lipinski definition) is 0. The van der Waals surface area contributed by atoms with E-state index >= 15 is 0 Å². The summed E-state index contributed by atoms with van der Waals surface area (Å²) in [7, 11) is -3.01. The Kier molecular flexibility index (Phi) is 3.51. The number of ether oxygens (including phenoxy) is 2. The van der Waals surface area contributed by atoms with Crippen molar-refractivity contribution in [3.63, 3.8) is 0 Å². The average Bonchev–Trinajstić information content (AvgIpc) is 2.42. The summed E-state index contributed by atoms with van der Waals surface area (Å²) in [6, 6.07) is 0. The van der Waals surface area contributed by atoms with Crippen LogP contribution in [0, 0.1) is 0 Å². The van der Waals surface area contributed by atoms with E-state index in [1.54, 1.807) is 0 Å². The highest BCUT2D eigenvalue weighted by Crippen LogP contribution is 2.15. The van der Waals surface area contributed by atoms with Crippen LogP contribution >= 0.6 is 0 Å². The lowest BCUT2D eigenvalue weighted by Crippen LogP contribution is -2.20. The molecule has 1 atom stereocenters. The van der Waals surface area contributed by atoms with E-state index in [9.17, 15) is 13.2 Å². The van der Waals surface area contributed by atoms with Gasteiger partial charge in [0.25, 0.3) is 0 Å². The summed E-state index contributed by atoms with van der Waals surface area (Å²) in [5.74, 6) is -0.0252. The van der Waals surface area contributed by atoms with Crippen molar-refractivity contribution in [2.45, 2.75) is 12.5 Å². The summed E-state index contributed by atoms with van der Waals surface area (Å²) >= 11 is 0. The first-order valence-electron chi connectivity index (χ1n) is 4.18. The molecule has 0 N–H and O–H groups in total. The second kappa shape index (κ2) is 4.45.